The quantitative estimate of drug-likeness (QED) is 0.720. The van der Waals surface area contributed by atoms with E-state index < -0.39 is 0 Å². The Balaban J connectivity index is 2.30. The Hall–Kier alpha value is -2.51. The van der Waals surface area contributed by atoms with Gasteiger partial charge in [-0.3, -0.25) is 14.2 Å². The van der Waals surface area contributed by atoms with Crippen molar-refractivity contribution in [2.75, 3.05) is 6.54 Å². The van der Waals surface area contributed by atoms with Gasteiger partial charge in [0, 0.05) is 13.1 Å². The van der Waals surface area contributed by atoms with E-state index in [9.17, 15) is 9.59 Å². The van der Waals surface area contributed by atoms with Crippen molar-refractivity contribution in [3.05, 3.63) is 29.3 Å². The third-order valence-corrected chi connectivity index (χ3v) is 2.55. The smallest absolute Gasteiger partial charge is 0.283 e. The summed E-state index contributed by atoms with van der Waals surface area (Å²) in [6.45, 7) is 6.20. The maximum atomic E-state index is 12.1. The Morgan fingerprint density at radius 2 is 2.37 bits per heavy atom. The number of aryl methyl sites for hydroxylation is 1. The van der Waals surface area contributed by atoms with Crippen LogP contribution in [0.4, 0.5) is 0 Å². The number of aromatic nitrogens is 5. The summed E-state index contributed by atoms with van der Waals surface area (Å²) in [7, 11) is 0. The minimum Gasteiger partial charge on any atom is -0.351 e. The second kappa shape index (κ2) is 5.42. The van der Waals surface area contributed by atoms with Crippen molar-refractivity contribution in [3.63, 3.8) is 0 Å². The highest BCUT2D eigenvalue weighted by Gasteiger charge is 2.12. The van der Waals surface area contributed by atoms with Crippen molar-refractivity contribution < 1.29 is 4.79 Å². The molecule has 8 nitrogen and oxygen atoms in total. The zero-order valence-electron chi connectivity index (χ0n) is 10.5. The van der Waals surface area contributed by atoms with Crippen LogP contribution in [0.25, 0.3) is 11.2 Å². The van der Waals surface area contributed by atoms with Crippen LogP contribution in [0.15, 0.2) is 23.8 Å². The van der Waals surface area contributed by atoms with Gasteiger partial charge in [0.05, 0.1) is 0 Å². The molecule has 19 heavy (non-hydrogen) atoms. The molecule has 0 bridgehead atoms. The Morgan fingerprint density at radius 3 is 3.05 bits per heavy atom. The number of carbonyl (C=O) groups excluding carboxylic acids is 1. The summed E-state index contributed by atoms with van der Waals surface area (Å²) in [5, 5.41) is 10.2. The Bertz CT molecular complexity index is 671. The normalized spacial score (nSPS) is 10.6. The first-order valence-electron chi connectivity index (χ1n) is 5.83. The predicted octanol–water partition coefficient (Wildman–Crippen LogP) is -0.690. The van der Waals surface area contributed by atoms with Gasteiger partial charge in [0.2, 0.25) is 5.91 Å². The number of fused-ring (bicyclic) bond motifs is 1. The first kappa shape index (κ1) is 12.9. The van der Waals surface area contributed by atoms with Gasteiger partial charge in [-0.25, -0.2) is 9.67 Å². The van der Waals surface area contributed by atoms with Gasteiger partial charge in [0.15, 0.2) is 11.2 Å². The molecule has 2 aromatic rings. The molecule has 8 heteroatoms. The third kappa shape index (κ3) is 2.51. The minimum atomic E-state index is -0.376. The molecule has 0 atom stereocenters. The Kier molecular flexibility index (Phi) is 3.69. The summed E-state index contributed by atoms with van der Waals surface area (Å²) < 4.78 is 2.73. The highest BCUT2D eigenvalue weighted by atomic mass is 16.2. The molecule has 1 amide bonds. The van der Waals surface area contributed by atoms with Crippen molar-refractivity contribution in [3.8, 4) is 0 Å². The molecule has 0 saturated carbocycles. The number of hydrogen-bond acceptors (Lipinski definition) is 5. The van der Waals surface area contributed by atoms with Crippen molar-refractivity contribution in [2.45, 2.75) is 20.0 Å². The van der Waals surface area contributed by atoms with Crippen LogP contribution in [0.3, 0.4) is 0 Å². The van der Waals surface area contributed by atoms with Crippen molar-refractivity contribution in [2.24, 2.45) is 0 Å². The fourth-order valence-corrected chi connectivity index (χ4v) is 1.61. The highest BCUT2D eigenvalue weighted by molar-refractivity contribution is 5.76. The Morgan fingerprint density at radius 1 is 1.58 bits per heavy atom. The molecule has 0 aromatic carbocycles. The fourth-order valence-electron chi connectivity index (χ4n) is 1.61. The van der Waals surface area contributed by atoms with Crippen LogP contribution in [0.5, 0.6) is 0 Å². The van der Waals surface area contributed by atoms with Crippen LogP contribution in [0, 0.1) is 0 Å². The molecule has 0 spiro atoms. The van der Waals surface area contributed by atoms with Crippen LogP contribution in [-0.2, 0) is 17.9 Å². The standard InChI is InChI=1S/C11H14N6O2/c1-3-5-12-8(18)6-16-7-13-10-9(11(16)19)14-15-17(10)4-2/h3,7H,1,4-6H2,2H3,(H,12,18). The van der Waals surface area contributed by atoms with Crippen LogP contribution in [0.2, 0.25) is 0 Å². The molecule has 0 unspecified atom stereocenters. The summed E-state index contributed by atoms with van der Waals surface area (Å²) >= 11 is 0. The van der Waals surface area contributed by atoms with Gasteiger partial charge in [0.1, 0.15) is 12.9 Å². The van der Waals surface area contributed by atoms with E-state index in [1.54, 1.807) is 6.08 Å². The number of nitrogens with one attached hydrogen (secondary N) is 1. The lowest BCUT2D eigenvalue weighted by Crippen LogP contribution is -2.32. The lowest BCUT2D eigenvalue weighted by Gasteiger charge is -2.05. The molecular weight excluding hydrogens is 248 g/mol. The SMILES string of the molecule is C=CCNC(=O)Cn1cnc2c(nnn2CC)c1=O. The van der Waals surface area contributed by atoms with E-state index in [0.29, 0.717) is 18.7 Å². The molecule has 0 radical (unpaired) electrons. The molecule has 0 aliphatic heterocycles. The second-order valence-electron chi connectivity index (χ2n) is 3.85. The van der Waals surface area contributed by atoms with Gasteiger partial charge < -0.3 is 5.32 Å². The van der Waals surface area contributed by atoms with Crippen molar-refractivity contribution in [1.29, 1.82) is 0 Å². The van der Waals surface area contributed by atoms with Gasteiger partial charge >= 0.3 is 0 Å². The molecule has 0 fully saturated rings. The zero-order valence-corrected chi connectivity index (χ0v) is 10.5. The molecule has 0 aliphatic rings. The molecule has 2 rings (SSSR count). The fraction of sp³-hybridized carbons (Fsp3) is 0.364. The topological polar surface area (TPSA) is 94.7 Å². The van der Waals surface area contributed by atoms with Gasteiger partial charge in [-0.2, -0.15) is 0 Å². The van der Waals surface area contributed by atoms with Gasteiger partial charge in [-0.1, -0.05) is 11.3 Å². The summed E-state index contributed by atoms with van der Waals surface area (Å²) in [5.41, 5.74) is 0.217. The molecule has 2 aromatic heterocycles. The highest BCUT2D eigenvalue weighted by Crippen LogP contribution is 2.01. The van der Waals surface area contributed by atoms with E-state index in [-0.39, 0.29) is 23.5 Å². The number of amides is 1. The van der Waals surface area contributed by atoms with E-state index in [2.05, 4.69) is 27.2 Å². The summed E-state index contributed by atoms with van der Waals surface area (Å²) in [6, 6.07) is 0. The van der Waals surface area contributed by atoms with Gasteiger partial charge in [-0.05, 0) is 6.92 Å². The zero-order chi connectivity index (χ0) is 13.8. The molecule has 0 aliphatic carbocycles. The molecule has 0 saturated heterocycles. The first-order chi connectivity index (χ1) is 9.17. The van der Waals surface area contributed by atoms with E-state index in [4.69, 9.17) is 0 Å². The van der Waals surface area contributed by atoms with Gasteiger partial charge in [-0.15, -0.1) is 11.7 Å². The number of carbonyl (C=O) groups is 1. The average Bonchev–Trinajstić information content (AvgIpc) is 2.83. The maximum Gasteiger partial charge on any atom is 0.283 e. The molecular formula is C11H14N6O2. The Labute approximate surface area is 108 Å². The first-order valence-corrected chi connectivity index (χ1v) is 5.83. The second-order valence-corrected chi connectivity index (χ2v) is 3.85. The largest absolute Gasteiger partial charge is 0.351 e. The number of hydrogen-bond donors (Lipinski definition) is 1. The lowest BCUT2D eigenvalue weighted by molar-refractivity contribution is -0.121. The van der Waals surface area contributed by atoms with Crippen LogP contribution < -0.4 is 10.9 Å². The number of rotatable bonds is 5. The van der Waals surface area contributed by atoms with E-state index in [0.717, 1.165) is 0 Å². The van der Waals surface area contributed by atoms with Crippen LogP contribution >= 0.6 is 0 Å². The lowest BCUT2D eigenvalue weighted by atomic mass is 10.4. The number of nitrogens with zero attached hydrogens (tertiary/aromatic N) is 5. The summed E-state index contributed by atoms with van der Waals surface area (Å²) in [5.74, 6) is -0.286. The summed E-state index contributed by atoms with van der Waals surface area (Å²) in [4.78, 5) is 27.7. The van der Waals surface area contributed by atoms with Crippen molar-refractivity contribution >= 4 is 17.1 Å². The van der Waals surface area contributed by atoms with Crippen LogP contribution in [-0.4, -0.2) is 37.0 Å². The predicted molar refractivity (Wildman–Crippen MR) is 68.5 cm³/mol. The molecule has 100 valence electrons. The van der Waals surface area contributed by atoms with E-state index in [1.165, 1.54) is 15.6 Å². The minimum absolute atomic E-state index is 0.103. The maximum absolute atomic E-state index is 12.1. The van der Waals surface area contributed by atoms with E-state index in [1.807, 2.05) is 6.92 Å². The molecule has 1 N–H and O–H groups in total. The monoisotopic (exact) mass is 262 g/mol. The van der Waals surface area contributed by atoms with Crippen LogP contribution in [0.1, 0.15) is 6.92 Å². The summed E-state index contributed by atoms with van der Waals surface area (Å²) in [6.07, 6.45) is 2.89. The van der Waals surface area contributed by atoms with Crippen molar-refractivity contribution in [1.82, 2.24) is 29.9 Å². The third-order valence-electron chi connectivity index (χ3n) is 2.55. The average molecular weight is 262 g/mol. The van der Waals surface area contributed by atoms with Gasteiger partial charge in [0.25, 0.3) is 5.56 Å². The molecule has 2 heterocycles. The van der Waals surface area contributed by atoms with E-state index >= 15 is 0 Å².